The Morgan fingerprint density at radius 3 is 2.69 bits per heavy atom. The molecule has 0 bridgehead atoms. The third kappa shape index (κ3) is 1.88. The summed E-state index contributed by atoms with van der Waals surface area (Å²) in [5.41, 5.74) is 1.61. The number of phenolic OH excluding ortho intramolecular Hbond substituents is 1. The fraction of sp³-hybridized carbons (Fsp3) is 0.125. The number of benzene rings is 1. The lowest BCUT2D eigenvalue weighted by Gasteiger charge is -2.04. The summed E-state index contributed by atoms with van der Waals surface area (Å²) in [6.07, 6.45) is 0. The molecule has 1 rings (SSSR count). The summed E-state index contributed by atoms with van der Waals surface area (Å²) < 4.78 is 4.77. The first-order valence-corrected chi connectivity index (χ1v) is 3.50. The summed E-state index contributed by atoms with van der Waals surface area (Å²) in [4.78, 5) is 10.9. The van der Waals surface area contributed by atoms with E-state index in [0.717, 1.165) is 0 Å². The molecule has 13 heavy (non-hydrogen) atoms. The van der Waals surface area contributed by atoms with Crippen molar-refractivity contribution in [1.82, 2.24) is 5.48 Å². The molecule has 0 saturated heterocycles. The molecule has 0 aliphatic heterocycles. The van der Waals surface area contributed by atoms with Gasteiger partial charge in [-0.3, -0.25) is 10.0 Å². The quantitative estimate of drug-likeness (QED) is 0.461. The van der Waals surface area contributed by atoms with Gasteiger partial charge >= 0.3 is 0 Å². The van der Waals surface area contributed by atoms with Gasteiger partial charge in [-0.15, -0.1) is 0 Å². The Hall–Kier alpha value is -1.75. The fourth-order valence-electron chi connectivity index (χ4n) is 0.896. The standard InChI is InChI=1S/C8H9NO4/c1-13-7-3-2-5(4-6(7)10)8(11)9-12/h2-4,10,12H,1H3,(H,9,11). The van der Waals surface area contributed by atoms with E-state index >= 15 is 0 Å². The van der Waals surface area contributed by atoms with E-state index in [9.17, 15) is 9.90 Å². The van der Waals surface area contributed by atoms with Crippen LogP contribution in [0.25, 0.3) is 0 Å². The van der Waals surface area contributed by atoms with Gasteiger partial charge in [-0.25, -0.2) is 5.48 Å². The molecule has 0 unspecified atom stereocenters. The van der Waals surface area contributed by atoms with Crippen LogP contribution in [0.1, 0.15) is 10.4 Å². The summed E-state index contributed by atoms with van der Waals surface area (Å²) in [6, 6.07) is 4.05. The number of carbonyl (C=O) groups is 1. The van der Waals surface area contributed by atoms with Crippen LogP contribution in [0.3, 0.4) is 0 Å². The number of ether oxygens (including phenoxy) is 1. The van der Waals surface area contributed by atoms with E-state index in [4.69, 9.17) is 9.94 Å². The van der Waals surface area contributed by atoms with Crippen molar-refractivity contribution in [1.29, 1.82) is 0 Å². The number of nitrogens with one attached hydrogen (secondary N) is 1. The Bertz CT molecular complexity index is 324. The molecular formula is C8H9NO4. The predicted octanol–water partition coefficient (Wildman–Crippen LogP) is 0.520. The maximum Gasteiger partial charge on any atom is 0.274 e. The second-order valence-electron chi connectivity index (χ2n) is 2.33. The number of rotatable bonds is 2. The highest BCUT2D eigenvalue weighted by Gasteiger charge is 2.07. The average molecular weight is 183 g/mol. The third-order valence-electron chi connectivity index (χ3n) is 1.54. The second kappa shape index (κ2) is 3.77. The van der Waals surface area contributed by atoms with E-state index in [1.807, 2.05) is 0 Å². The van der Waals surface area contributed by atoms with E-state index in [-0.39, 0.29) is 17.1 Å². The zero-order chi connectivity index (χ0) is 9.84. The van der Waals surface area contributed by atoms with Crippen LogP contribution in [-0.4, -0.2) is 23.3 Å². The lowest BCUT2D eigenvalue weighted by Crippen LogP contribution is -2.18. The van der Waals surface area contributed by atoms with E-state index in [0.29, 0.717) is 0 Å². The lowest BCUT2D eigenvalue weighted by atomic mass is 10.2. The highest BCUT2D eigenvalue weighted by molar-refractivity contribution is 5.93. The van der Waals surface area contributed by atoms with Gasteiger partial charge in [0.25, 0.3) is 5.91 Å². The minimum Gasteiger partial charge on any atom is -0.504 e. The number of phenols is 1. The van der Waals surface area contributed by atoms with Crippen molar-refractivity contribution < 1.29 is 19.8 Å². The average Bonchev–Trinajstić information content (AvgIpc) is 2.16. The first kappa shape index (κ1) is 9.34. The number of methoxy groups -OCH3 is 1. The van der Waals surface area contributed by atoms with Gasteiger partial charge in [0.05, 0.1) is 7.11 Å². The van der Waals surface area contributed by atoms with Crippen molar-refractivity contribution in [2.75, 3.05) is 7.11 Å². The molecule has 0 fully saturated rings. The Balaban J connectivity index is 3.02. The van der Waals surface area contributed by atoms with Crippen LogP contribution in [0.5, 0.6) is 11.5 Å². The number of carbonyl (C=O) groups excluding carboxylic acids is 1. The first-order chi connectivity index (χ1) is 6.19. The molecule has 1 aromatic rings. The topological polar surface area (TPSA) is 78.8 Å². The lowest BCUT2D eigenvalue weighted by molar-refractivity contribution is 0.0706. The third-order valence-corrected chi connectivity index (χ3v) is 1.54. The molecule has 0 aromatic heterocycles. The zero-order valence-corrected chi connectivity index (χ0v) is 6.94. The van der Waals surface area contributed by atoms with Crippen LogP contribution in [0.15, 0.2) is 18.2 Å². The highest BCUT2D eigenvalue weighted by atomic mass is 16.5. The SMILES string of the molecule is COc1ccc(C(=O)NO)cc1O. The molecule has 0 radical (unpaired) electrons. The molecule has 0 spiro atoms. The molecular weight excluding hydrogens is 174 g/mol. The molecule has 70 valence electrons. The van der Waals surface area contributed by atoms with Gasteiger partial charge in [-0.1, -0.05) is 0 Å². The largest absolute Gasteiger partial charge is 0.504 e. The van der Waals surface area contributed by atoms with Crippen molar-refractivity contribution in [2.24, 2.45) is 0 Å². The summed E-state index contributed by atoms with van der Waals surface area (Å²) in [7, 11) is 1.40. The smallest absolute Gasteiger partial charge is 0.274 e. The van der Waals surface area contributed by atoms with Gasteiger partial charge in [0.1, 0.15) is 0 Å². The molecule has 5 nitrogen and oxygen atoms in total. The first-order valence-electron chi connectivity index (χ1n) is 3.50. The van der Waals surface area contributed by atoms with Crippen LogP contribution in [-0.2, 0) is 0 Å². The van der Waals surface area contributed by atoms with Crippen molar-refractivity contribution in [3.8, 4) is 11.5 Å². The Kier molecular flexibility index (Phi) is 2.71. The minimum atomic E-state index is -0.682. The van der Waals surface area contributed by atoms with Gasteiger partial charge in [0.2, 0.25) is 0 Å². The van der Waals surface area contributed by atoms with Crippen molar-refractivity contribution in [3.63, 3.8) is 0 Å². The van der Waals surface area contributed by atoms with Crippen LogP contribution in [0.2, 0.25) is 0 Å². The van der Waals surface area contributed by atoms with Gasteiger partial charge < -0.3 is 9.84 Å². The molecule has 3 N–H and O–H groups in total. The van der Waals surface area contributed by atoms with E-state index in [2.05, 4.69) is 0 Å². The van der Waals surface area contributed by atoms with Gasteiger partial charge in [0, 0.05) is 5.56 Å². The van der Waals surface area contributed by atoms with Gasteiger partial charge in [0.15, 0.2) is 11.5 Å². The van der Waals surface area contributed by atoms with Crippen LogP contribution in [0.4, 0.5) is 0 Å². The zero-order valence-electron chi connectivity index (χ0n) is 6.94. The molecule has 1 amide bonds. The van der Waals surface area contributed by atoms with E-state index in [1.54, 1.807) is 0 Å². The summed E-state index contributed by atoms with van der Waals surface area (Å²) in [5, 5.41) is 17.5. The van der Waals surface area contributed by atoms with Gasteiger partial charge in [-0.2, -0.15) is 0 Å². The maximum absolute atomic E-state index is 10.9. The number of hydroxylamine groups is 1. The normalized spacial score (nSPS) is 9.38. The van der Waals surface area contributed by atoms with Crippen molar-refractivity contribution in [3.05, 3.63) is 23.8 Å². The van der Waals surface area contributed by atoms with Crippen LogP contribution in [0, 0.1) is 0 Å². The van der Waals surface area contributed by atoms with Crippen molar-refractivity contribution in [2.45, 2.75) is 0 Å². The number of hydrogen-bond donors (Lipinski definition) is 3. The Morgan fingerprint density at radius 1 is 1.54 bits per heavy atom. The fourth-order valence-corrected chi connectivity index (χ4v) is 0.896. The van der Waals surface area contributed by atoms with Crippen molar-refractivity contribution >= 4 is 5.91 Å². The van der Waals surface area contributed by atoms with E-state index < -0.39 is 5.91 Å². The summed E-state index contributed by atoms with van der Waals surface area (Å²) >= 11 is 0. The Morgan fingerprint density at radius 2 is 2.23 bits per heavy atom. The maximum atomic E-state index is 10.9. The predicted molar refractivity (Wildman–Crippen MR) is 43.9 cm³/mol. The monoisotopic (exact) mass is 183 g/mol. The summed E-state index contributed by atoms with van der Waals surface area (Å²) in [6.45, 7) is 0. The number of hydrogen-bond acceptors (Lipinski definition) is 4. The minimum absolute atomic E-state index is 0.149. The summed E-state index contributed by atoms with van der Waals surface area (Å²) in [5.74, 6) is -0.559. The molecule has 0 heterocycles. The Labute approximate surface area is 74.5 Å². The second-order valence-corrected chi connectivity index (χ2v) is 2.33. The molecule has 0 aliphatic carbocycles. The van der Waals surface area contributed by atoms with Crippen LogP contribution < -0.4 is 10.2 Å². The van der Waals surface area contributed by atoms with E-state index in [1.165, 1.54) is 30.8 Å². The molecule has 0 saturated carbocycles. The number of aromatic hydroxyl groups is 1. The molecule has 1 aromatic carbocycles. The highest BCUT2D eigenvalue weighted by Crippen LogP contribution is 2.25. The molecule has 0 aliphatic rings. The molecule has 5 heteroatoms. The number of amides is 1. The van der Waals surface area contributed by atoms with Gasteiger partial charge in [-0.05, 0) is 18.2 Å². The van der Waals surface area contributed by atoms with Crippen LogP contribution >= 0.6 is 0 Å². The molecule has 0 atom stereocenters.